The standard InChI is InChI=1S/C13H21N3O2/c1-9-10(6-8-18-9)15-12-11(16(2)3)5-7-14-13(12)17-4/h5,7,9-10,15H,6,8H2,1-4H3. The van der Waals surface area contributed by atoms with Crippen LogP contribution >= 0.6 is 0 Å². The molecule has 5 heteroatoms. The number of methoxy groups -OCH3 is 1. The summed E-state index contributed by atoms with van der Waals surface area (Å²) in [6.45, 7) is 2.89. The first kappa shape index (κ1) is 13.0. The van der Waals surface area contributed by atoms with Gasteiger partial charge >= 0.3 is 0 Å². The quantitative estimate of drug-likeness (QED) is 0.883. The highest BCUT2D eigenvalue weighted by molar-refractivity contribution is 5.74. The monoisotopic (exact) mass is 251 g/mol. The molecule has 2 heterocycles. The fraction of sp³-hybridized carbons (Fsp3) is 0.615. The number of hydrogen-bond donors (Lipinski definition) is 1. The maximum atomic E-state index is 5.57. The molecule has 1 fully saturated rings. The smallest absolute Gasteiger partial charge is 0.239 e. The van der Waals surface area contributed by atoms with Gasteiger partial charge in [-0.3, -0.25) is 0 Å². The number of ether oxygens (including phenoxy) is 2. The average molecular weight is 251 g/mol. The van der Waals surface area contributed by atoms with Gasteiger partial charge in [0, 0.05) is 26.9 Å². The number of rotatable bonds is 4. The summed E-state index contributed by atoms with van der Waals surface area (Å²) < 4.78 is 10.9. The molecule has 1 aliphatic heterocycles. The maximum absolute atomic E-state index is 5.57. The van der Waals surface area contributed by atoms with Gasteiger partial charge in [-0.2, -0.15) is 0 Å². The lowest BCUT2D eigenvalue weighted by Gasteiger charge is -2.24. The Bertz CT molecular complexity index is 409. The largest absolute Gasteiger partial charge is 0.479 e. The minimum Gasteiger partial charge on any atom is -0.479 e. The molecule has 0 saturated carbocycles. The van der Waals surface area contributed by atoms with E-state index in [0.29, 0.717) is 11.9 Å². The Morgan fingerprint density at radius 2 is 2.28 bits per heavy atom. The lowest BCUT2D eigenvalue weighted by atomic mass is 10.1. The minimum atomic E-state index is 0.213. The summed E-state index contributed by atoms with van der Waals surface area (Å²) in [6, 6.07) is 2.28. The predicted octanol–water partition coefficient (Wildman–Crippen LogP) is 1.75. The van der Waals surface area contributed by atoms with Crippen molar-refractivity contribution in [3.05, 3.63) is 12.3 Å². The summed E-state index contributed by atoms with van der Waals surface area (Å²) >= 11 is 0. The van der Waals surface area contributed by atoms with Gasteiger partial charge in [0.15, 0.2) is 0 Å². The van der Waals surface area contributed by atoms with Gasteiger partial charge < -0.3 is 19.7 Å². The van der Waals surface area contributed by atoms with Crippen LogP contribution in [0.2, 0.25) is 0 Å². The Hall–Kier alpha value is -1.49. The molecule has 1 aromatic rings. The van der Waals surface area contributed by atoms with Gasteiger partial charge in [0.2, 0.25) is 5.88 Å². The topological polar surface area (TPSA) is 46.6 Å². The fourth-order valence-electron chi connectivity index (χ4n) is 2.20. The molecular weight excluding hydrogens is 230 g/mol. The predicted molar refractivity (Wildman–Crippen MR) is 72.6 cm³/mol. The first-order valence-corrected chi connectivity index (χ1v) is 6.22. The summed E-state index contributed by atoms with van der Waals surface area (Å²) in [5.74, 6) is 0.625. The van der Waals surface area contributed by atoms with Crippen LogP contribution in [-0.4, -0.2) is 44.9 Å². The van der Waals surface area contributed by atoms with Crippen LogP contribution in [0.1, 0.15) is 13.3 Å². The van der Waals surface area contributed by atoms with Crippen molar-refractivity contribution in [1.82, 2.24) is 4.98 Å². The summed E-state index contributed by atoms with van der Waals surface area (Å²) in [5.41, 5.74) is 2.01. The second kappa shape index (κ2) is 5.44. The molecule has 1 N–H and O–H groups in total. The van der Waals surface area contributed by atoms with E-state index in [2.05, 4.69) is 17.2 Å². The molecule has 1 aromatic heterocycles. The van der Waals surface area contributed by atoms with Crippen LogP contribution in [-0.2, 0) is 4.74 Å². The molecule has 1 aliphatic rings. The van der Waals surface area contributed by atoms with Gasteiger partial charge in [-0.15, -0.1) is 0 Å². The van der Waals surface area contributed by atoms with Crippen molar-refractivity contribution in [3.8, 4) is 5.88 Å². The van der Waals surface area contributed by atoms with E-state index in [-0.39, 0.29) is 6.10 Å². The van der Waals surface area contributed by atoms with Gasteiger partial charge in [-0.25, -0.2) is 4.98 Å². The number of pyridine rings is 1. The van der Waals surface area contributed by atoms with E-state index in [1.54, 1.807) is 13.3 Å². The molecule has 0 radical (unpaired) electrons. The highest BCUT2D eigenvalue weighted by Gasteiger charge is 2.26. The SMILES string of the molecule is COc1nccc(N(C)C)c1NC1CCOC1C. The summed E-state index contributed by atoms with van der Waals surface area (Å²) in [7, 11) is 5.66. The fourth-order valence-corrected chi connectivity index (χ4v) is 2.20. The third-order valence-corrected chi connectivity index (χ3v) is 3.28. The van der Waals surface area contributed by atoms with Crippen molar-refractivity contribution >= 4 is 11.4 Å². The van der Waals surface area contributed by atoms with Crippen molar-refractivity contribution in [2.45, 2.75) is 25.5 Å². The van der Waals surface area contributed by atoms with E-state index in [4.69, 9.17) is 9.47 Å². The normalized spacial score (nSPS) is 22.9. The van der Waals surface area contributed by atoms with Gasteiger partial charge in [-0.1, -0.05) is 0 Å². The van der Waals surface area contributed by atoms with Crippen molar-refractivity contribution < 1.29 is 9.47 Å². The van der Waals surface area contributed by atoms with E-state index in [1.807, 2.05) is 25.1 Å². The molecule has 5 nitrogen and oxygen atoms in total. The Kier molecular flexibility index (Phi) is 3.91. The molecule has 2 atom stereocenters. The molecule has 0 aromatic carbocycles. The number of aromatic nitrogens is 1. The van der Waals surface area contributed by atoms with Gasteiger partial charge in [-0.05, 0) is 19.4 Å². The zero-order chi connectivity index (χ0) is 13.1. The van der Waals surface area contributed by atoms with Crippen molar-refractivity contribution in [3.63, 3.8) is 0 Å². The van der Waals surface area contributed by atoms with Crippen molar-refractivity contribution in [2.75, 3.05) is 38.0 Å². The Balaban J connectivity index is 2.29. The van der Waals surface area contributed by atoms with Crippen LogP contribution in [0.5, 0.6) is 5.88 Å². The van der Waals surface area contributed by atoms with E-state index >= 15 is 0 Å². The molecule has 0 aliphatic carbocycles. The van der Waals surface area contributed by atoms with Crippen LogP contribution in [0.25, 0.3) is 0 Å². The van der Waals surface area contributed by atoms with Gasteiger partial charge in [0.25, 0.3) is 0 Å². The number of nitrogens with one attached hydrogen (secondary N) is 1. The summed E-state index contributed by atoms with van der Waals surface area (Å²) in [6.07, 6.45) is 2.98. The number of hydrogen-bond acceptors (Lipinski definition) is 5. The van der Waals surface area contributed by atoms with E-state index < -0.39 is 0 Å². The number of nitrogens with zero attached hydrogens (tertiary/aromatic N) is 2. The van der Waals surface area contributed by atoms with E-state index in [1.165, 1.54) is 0 Å². The first-order chi connectivity index (χ1) is 8.63. The van der Waals surface area contributed by atoms with Gasteiger partial charge in [0.05, 0.1) is 24.9 Å². The molecule has 0 bridgehead atoms. The first-order valence-electron chi connectivity index (χ1n) is 6.22. The lowest BCUT2D eigenvalue weighted by molar-refractivity contribution is 0.121. The molecule has 100 valence electrons. The summed E-state index contributed by atoms with van der Waals surface area (Å²) in [4.78, 5) is 6.30. The molecule has 1 saturated heterocycles. The van der Waals surface area contributed by atoms with Gasteiger partial charge in [0.1, 0.15) is 5.69 Å². The highest BCUT2D eigenvalue weighted by atomic mass is 16.5. The van der Waals surface area contributed by atoms with Crippen molar-refractivity contribution in [1.29, 1.82) is 0 Å². The minimum absolute atomic E-state index is 0.213. The zero-order valence-corrected chi connectivity index (χ0v) is 11.4. The van der Waals surface area contributed by atoms with E-state index in [9.17, 15) is 0 Å². The van der Waals surface area contributed by atoms with Crippen LogP contribution in [0.3, 0.4) is 0 Å². The third kappa shape index (κ3) is 2.51. The van der Waals surface area contributed by atoms with Crippen molar-refractivity contribution in [2.24, 2.45) is 0 Å². The second-order valence-corrected chi connectivity index (χ2v) is 4.72. The Labute approximate surface area is 108 Å². The zero-order valence-electron chi connectivity index (χ0n) is 11.4. The van der Waals surface area contributed by atoms with Crippen LogP contribution < -0.4 is 15.0 Å². The van der Waals surface area contributed by atoms with E-state index in [0.717, 1.165) is 24.4 Å². The molecular formula is C13H21N3O2. The lowest BCUT2D eigenvalue weighted by Crippen LogP contribution is -2.28. The number of anilines is 2. The Morgan fingerprint density at radius 1 is 1.50 bits per heavy atom. The van der Waals surface area contributed by atoms with Crippen LogP contribution in [0, 0.1) is 0 Å². The Morgan fingerprint density at radius 3 is 2.83 bits per heavy atom. The molecule has 2 unspecified atom stereocenters. The average Bonchev–Trinajstić information content (AvgIpc) is 2.75. The highest BCUT2D eigenvalue weighted by Crippen LogP contribution is 2.34. The third-order valence-electron chi connectivity index (χ3n) is 3.28. The maximum Gasteiger partial charge on any atom is 0.239 e. The molecule has 0 spiro atoms. The van der Waals surface area contributed by atoms with Crippen LogP contribution in [0.15, 0.2) is 12.3 Å². The molecule has 2 rings (SSSR count). The second-order valence-electron chi connectivity index (χ2n) is 4.72. The van der Waals surface area contributed by atoms with Crippen LogP contribution in [0.4, 0.5) is 11.4 Å². The molecule has 0 amide bonds. The summed E-state index contributed by atoms with van der Waals surface area (Å²) in [5, 5.41) is 3.51. The molecule has 18 heavy (non-hydrogen) atoms.